The topological polar surface area (TPSA) is 59.9 Å². The number of ether oxygens (including phenoxy) is 1. The number of nitrogens with one attached hydrogen (secondary N) is 1. The molecule has 0 bridgehead atoms. The Labute approximate surface area is 150 Å². The van der Waals surface area contributed by atoms with Crippen molar-refractivity contribution in [1.29, 1.82) is 0 Å². The van der Waals surface area contributed by atoms with Crippen LogP contribution in [-0.4, -0.2) is 25.3 Å². The van der Waals surface area contributed by atoms with E-state index in [1.165, 1.54) is 17.8 Å². The van der Waals surface area contributed by atoms with Crippen LogP contribution in [0.5, 0.6) is 5.75 Å². The maximum atomic E-state index is 12.3. The number of hydrogen-bond donors (Lipinski definition) is 1. The van der Waals surface area contributed by atoms with Gasteiger partial charge < -0.3 is 14.9 Å². The number of carbonyl (C=O) groups excluding carboxylic acids is 1. The van der Waals surface area contributed by atoms with Crippen LogP contribution < -0.4 is 10.1 Å². The molecule has 0 aliphatic rings. The fourth-order valence-corrected chi connectivity index (χ4v) is 2.13. The third kappa shape index (κ3) is 6.16. The van der Waals surface area contributed by atoms with Gasteiger partial charge in [0.05, 0.1) is 6.21 Å². The van der Waals surface area contributed by atoms with Crippen LogP contribution >= 0.6 is 0 Å². The van der Waals surface area contributed by atoms with Crippen molar-refractivity contribution in [2.24, 2.45) is 5.16 Å². The van der Waals surface area contributed by atoms with Crippen molar-refractivity contribution < 1.29 is 23.1 Å². The van der Waals surface area contributed by atoms with Gasteiger partial charge in [-0.15, -0.1) is 0 Å². The highest BCUT2D eigenvalue weighted by Gasteiger charge is 2.08. The molecular formula is C19H20F2N2O3. The van der Waals surface area contributed by atoms with E-state index in [0.717, 1.165) is 0 Å². The molecule has 138 valence electrons. The summed E-state index contributed by atoms with van der Waals surface area (Å²) in [7, 11) is 0. The van der Waals surface area contributed by atoms with Crippen LogP contribution in [0.3, 0.4) is 0 Å². The van der Waals surface area contributed by atoms with Gasteiger partial charge in [-0.05, 0) is 35.7 Å². The van der Waals surface area contributed by atoms with E-state index >= 15 is 0 Å². The molecule has 0 aliphatic carbocycles. The lowest BCUT2D eigenvalue weighted by Crippen LogP contribution is -2.17. The minimum Gasteiger partial charge on any atom is -0.434 e. The number of hydrogen-bond acceptors (Lipinski definition) is 4. The molecule has 0 radical (unpaired) electrons. The average Bonchev–Trinajstić information content (AvgIpc) is 2.60. The zero-order chi connectivity index (χ0) is 18.9. The van der Waals surface area contributed by atoms with Gasteiger partial charge in [0.15, 0.2) is 6.61 Å². The van der Waals surface area contributed by atoms with Gasteiger partial charge >= 0.3 is 6.61 Å². The SMILES string of the molecule is CC(C)c1ccc(NC(=O)CO/N=C\c2ccccc2OC(F)F)cc1. The van der Waals surface area contributed by atoms with Crippen LogP contribution in [0.4, 0.5) is 14.5 Å². The lowest BCUT2D eigenvalue weighted by molar-refractivity contribution is -0.120. The first-order valence-corrected chi connectivity index (χ1v) is 8.04. The van der Waals surface area contributed by atoms with E-state index in [1.807, 2.05) is 24.3 Å². The first kappa shape index (κ1) is 19.4. The molecule has 1 N–H and O–H groups in total. The van der Waals surface area contributed by atoms with Crippen molar-refractivity contribution in [1.82, 2.24) is 0 Å². The third-order valence-electron chi connectivity index (χ3n) is 3.46. The predicted molar refractivity (Wildman–Crippen MR) is 95.8 cm³/mol. The minimum atomic E-state index is -2.93. The summed E-state index contributed by atoms with van der Waals surface area (Å²) in [4.78, 5) is 16.7. The highest BCUT2D eigenvalue weighted by molar-refractivity contribution is 5.91. The van der Waals surface area contributed by atoms with Crippen molar-refractivity contribution in [2.45, 2.75) is 26.4 Å². The fraction of sp³-hybridized carbons (Fsp3) is 0.263. The number of rotatable bonds is 8. The minimum absolute atomic E-state index is 0.0236. The largest absolute Gasteiger partial charge is 0.434 e. The summed E-state index contributed by atoms with van der Waals surface area (Å²) >= 11 is 0. The van der Waals surface area contributed by atoms with Crippen LogP contribution in [0.25, 0.3) is 0 Å². The molecule has 0 unspecified atom stereocenters. The van der Waals surface area contributed by atoms with E-state index in [9.17, 15) is 13.6 Å². The van der Waals surface area contributed by atoms with E-state index < -0.39 is 6.61 Å². The van der Waals surface area contributed by atoms with Gasteiger partial charge in [0.1, 0.15) is 5.75 Å². The molecule has 2 aromatic carbocycles. The van der Waals surface area contributed by atoms with Gasteiger partial charge in [-0.3, -0.25) is 4.79 Å². The van der Waals surface area contributed by atoms with Crippen molar-refractivity contribution in [3.05, 3.63) is 59.7 Å². The monoisotopic (exact) mass is 362 g/mol. The molecule has 0 atom stereocenters. The van der Waals surface area contributed by atoms with Crippen LogP contribution in [0.1, 0.15) is 30.9 Å². The van der Waals surface area contributed by atoms with Crippen LogP contribution in [0, 0.1) is 0 Å². The summed E-state index contributed by atoms with van der Waals surface area (Å²) in [5.41, 5.74) is 2.15. The number of alkyl halides is 2. The summed E-state index contributed by atoms with van der Waals surface area (Å²) in [6, 6.07) is 13.7. The normalized spacial score (nSPS) is 11.2. The Bertz CT molecular complexity index is 747. The summed E-state index contributed by atoms with van der Waals surface area (Å²) < 4.78 is 29.0. The quantitative estimate of drug-likeness (QED) is 0.559. The lowest BCUT2D eigenvalue weighted by Gasteiger charge is -2.08. The predicted octanol–water partition coefficient (Wildman–Crippen LogP) is 4.40. The molecule has 1 amide bonds. The lowest BCUT2D eigenvalue weighted by atomic mass is 10.0. The number of halogens is 2. The molecule has 7 heteroatoms. The van der Waals surface area contributed by atoms with E-state index in [1.54, 1.807) is 18.2 Å². The van der Waals surface area contributed by atoms with Crippen molar-refractivity contribution in [3.63, 3.8) is 0 Å². The van der Waals surface area contributed by atoms with Gasteiger partial charge in [0.2, 0.25) is 0 Å². The smallest absolute Gasteiger partial charge is 0.387 e. The van der Waals surface area contributed by atoms with Crippen molar-refractivity contribution in [2.75, 3.05) is 11.9 Å². The van der Waals surface area contributed by atoms with Gasteiger partial charge in [-0.25, -0.2) is 0 Å². The zero-order valence-electron chi connectivity index (χ0n) is 14.5. The maximum absolute atomic E-state index is 12.3. The molecular weight excluding hydrogens is 342 g/mol. The summed E-state index contributed by atoms with van der Waals surface area (Å²) in [6.45, 7) is 0.937. The number of para-hydroxylation sites is 1. The molecule has 0 saturated carbocycles. The van der Waals surface area contributed by atoms with Gasteiger partial charge in [-0.2, -0.15) is 8.78 Å². The van der Waals surface area contributed by atoms with Crippen LogP contribution in [-0.2, 0) is 9.63 Å². The molecule has 0 aromatic heterocycles. The number of anilines is 1. The third-order valence-corrected chi connectivity index (χ3v) is 3.46. The Morgan fingerprint density at radius 1 is 1.15 bits per heavy atom. The van der Waals surface area contributed by atoms with E-state index in [2.05, 4.69) is 29.1 Å². The maximum Gasteiger partial charge on any atom is 0.387 e. The molecule has 0 spiro atoms. The highest BCUT2D eigenvalue weighted by atomic mass is 19.3. The Morgan fingerprint density at radius 3 is 2.50 bits per heavy atom. The number of amides is 1. The Hall–Kier alpha value is -2.96. The fourth-order valence-electron chi connectivity index (χ4n) is 2.13. The Kier molecular flexibility index (Phi) is 7.08. The standard InChI is InChI=1S/C19H20F2N2O3/c1-13(2)14-7-9-16(10-8-14)23-18(24)12-25-22-11-15-5-3-4-6-17(15)26-19(20)21/h3-11,13,19H,12H2,1-2H3,(H,23,24)/b22-11-. The molecule has 0 heterocycles. The van der Waals surface area contributed by atoms with E-state index in [4.69, 9.17) is 4.84 Å². The molecule has 2 aromatic rings. The molecule has 0 aliphatic heterocycles. The van der Waals surface area contributed by atoms with Crippen LogP contribution in [0.2, 0.25) is 0 Å². The molecule has 0 fully saturated rings. The number of benzene rings is 2. The van der Waals surface area contributed by atoms with Crippen molar-refractivity contribution >= 4 is 17.8 Å². The highest BCUT2D eigenvalue weighted by Crippen LogP contribution is 2.19. The van der Waals surface area contributed by atoms with Crippen molar-refractivity contribution in [3.8, 4) is 5.75 Å². The Morgan fingerprint density at radius 2 is 1.85 bits per heavy atom. The number of nitrogens with zero attached hydrogens (tertiary/aromatic N) is 1. The zero-order valence-corrected chi connectivity index (χ0v) is 14.5. The summed E-state index contributed by atoms with van der Waals surface area (Å²) in [5, 5.41) is 6.30. The molecule has 26 heavy (non-hydrogen) atoms. The van der Waals surface area contributed by atoms with Gasteiger partial charge in [-0.1, -0.05) is 43.3 Å². The second-order valence-electron chi connectivity index (χ2n) is 5.75. The summed E-state index contributed by atoms with van der Waals surface area (Å²) in [5.74, 6) is 0.00968. The van der Waals surface area contributed by atoms with E-state index in [0.29, 0.717) is 17.2 Å². The van der Waals surface area contributed by atoms with Gasteiger partial charge in [0, 0.05) is 11.3 Å². The van der Waals surface area contributed by atoms with E-state index in [-0.39, 0.29) is 18.3 Å². The molecule has 0 saturated heterocycles. The first-order chi connectivity index (χ1) is 12.5. The van der Waals surface area contributed by atoms with Crippen LogP contribution in [0.15, 0.2) is 53.7 Å². The molecule has 2 rings (SSSR count). The second kappa shape index (κ2) is 9.50. The number of oxime groups is 1. The second-order valence-corrected chi connectivity index (χ2v) is 5.75. The molecule has 5 nitrogen and oxygen atoms in total. The first-order valence-electron chi connectivity index (χ1n) is 8.04. The number of carbonyl (C=O) groups is 1. The van der Waals surface area contributed by atoms with Gasteiger partial charge in [0.25, 0.3) is 5.91 Å². The average molecular weight is 362 g/mol. The Balaban J connectivity index is 1.83. The summed E-state index contributed by atoms with van der Waals surface area (Å²) in [6.07, 6.45) is 1.21.